The number of anilines is 1. The molecule has 0 aromatic carbocycles. The normalized spacial score (nSPS) is 25.6. The van der Waals surface area contributed by atoms with Gasteiger partial charge in [0.05, 0.1) is 6.10 Å². The van der Waals surface area contributed by atoms with E-state index in [4.69, 9.17) is 0 Å². The van der Waals surface area contributed by atoms with Gasteiger partial charge in [-0.05, 0) is 28.8 Å². The second-order valence-corrected chi connectivity index (χ2v) is 6.32. The summed E-state index contributed by atoms with van der Waals surface area (Å²) < 4.78 is 0.807. The Kier molecular flexibility index (Phi) is 3.92. The smallest absolute Gasteiger partial charge is 0.132 e. The molecule has 1 saturated carbocycles. The van der Waals surface area contributed by atoms with Gasteiger partial charge in [-0.25, -0.2) is 9.97 Å². The van der Waals surface area contributed by atoms with Gasteiger partial charge in [0.1, 0.15) is 16.2 Å². The van der Waals surface area contributed by atoms with Crippen molar-refractivity contribution in [2.75, 3.05) is 5.32 Å². The fourth-order valence-corrected chi connectivity index (χ4v) is 2.62. The first kappa shape index (κ1) is 13.7. The highest BCUT2D eigenvalue weighted by Crippen LogP contribution is 2.42. The van der Waals surface area contributed by atoms with Crippen molar-refractivity contribution in [3.8, 4) is 0 Å². The van der Waals surface area contributed by atoms with E-state index in [9.17, 15) is 5.11 Å². The molecule has 5 heteroatoms. The standard InChI is InChI=1S/C13H20BrN3O/c1-4-5-11-16-10(14)7-12(17-11)15-8-6-9(18)13(8,2)3/h7-9,18H,4-6H2,1-3H3,(H,15,16,17). The Labute approximate surface area is 116 Å². The zero-order valence-corrected chi connectivity index (χ0v) is 12.7. The van der Waals surface area contributed by atoms with Gasteiger partial charge in [0, 0.05) is 23.9 Å². The van der Waals surface area contributed by atoms with Crippen LogP contribution in [0.2, 0.25) is 0 Å². The number of hydrogen-bond acceptors (Lipinski definition) is 4. The SMILES string of the molecule is CCCc1nc(Br)cc(NC2CC(O)C2(C)C)n1. The summed E-state index contributed by atoms with van der Waals surface area (Å²) in [5, 5.41) is 13.1. The van der Waals surface area contributed by atoms with Crippen LogP contribution in [0, 0.1) is 5.41 Å². The van der Waals surface area contributed by atoms with Gasteiger partial charge in [-0.1, -0.05) is 20.8 Å². The Hall–Kier alpha value is -0.680. The average molecular weight is 314 g/mol. The quantitative estimate of drug-likeness (QED) is 0.839. The lowest BCUT2D eigenvalue weighted by Crippen LogP contribution is -2.57. The third-order valence-electron chi connectivity index (χ3n) is 3.75. The molecule has 2 atom stereocenters. The van der Waals surface area contributed by atoms with E-state index < -0.39 is 0 Å². The molecule has 0 amide bonds. The predicted molar refractivity (Wildman–Crippen MR) is 75.5 cm³/mol. The molecule has 2 rings (SSSR count). The fourth-order valence-electron chi connectivity index (χ4n) is 2.20. The first-order valence-electron chi connectivity index (χ1n) is 6.41. The molecule has 100 valence electrons. The van der Waals surface area contributed by atoms with Gasteiger partial charge in [0.2, 0.25) is 0 Å². The van der Waals surface area contributed by atoms with Gasteiger partial charge in [-0.3, -0.25) is 0 Å². The Balaban J connectivity index is 2.10. The number of rotatable bonds is 4. The zero-order chi connectivity index (χ0) is 13.3. The number of nitrogens with zero attached hydrogens (tertiary/aromatic N) is 2. The Morgan fingerprint density at radius 2 is 2.22 bits per heavy atom. The van der Waals surface area contributed by atoms with E-state index >= 15 is 0 Å². The number of aromatic nitrogens is 2. The number of aryl methyl sites for hydroxylation is 1. The van der Waals surface area contributed by atoms with Crippen LogP contribution in [-0.4, -0.2) is 27.2 Å². The summed E-state index contributed by atoms with van der Waals surface area (Å²) >= 11 is 3.41. The van der Waals surface area contributed by atoms with E-state index in [1.54, 1.807) is 0 Å². The van der Waals surface area contributed by atoms with Gasteiger partial charge in [-0.15, -0.1) is 0 Å². The lowest BCUT2D eigenvalue weighted by atomic mass is 9.64. The topological polar surface area (TPSA) is 58.0 Å². The van der Waals surface area contributed by atoms with Crippen LogP contribution in [-0.2, 0) is 6.42 Å². The lowest BCUT2D eigenvalue weighted by Gasteiger charge is -2.49. The van der Waals surface area contributed by atoms with Crippen LogP contribution in [0.15, 0.2) is 10.7 Å². The van der Waals surface area contributed by atoms with E-state index in [0.717, 1.165) is 35.5 Å². The summed E-state index contributed by atoms with van der Waals surface area (Å²) in [5.41, 5.74) is -0.0949. The lowest BCUT2D eigenvalue weighted by molar-refractivity contribution is -0.0511. The van der Waals surface area contributed by atoms with Crippen molar-refractivity contribution in [2.45, 2.75) is 52.2 Å². The molecule has 1 aliphatic rings. The van der Waals surface area contributed by atoms with Crippen LogP contribution in [0.3, 0.4) is 0 Å². The Morgan fingerprint density at radius 3 is 2.78 bits per heavy atom. The third-order valence-corrected chi connectivity index (χ3v) is 4.16. The molecule has 0 bridgehead atoms. The van der Waals surface area contributed by atoms with Gasteiger partial charge in [0.25, 0.3) is 0 Å². The molecule has 1 aliphatic carbocycles. The number of aliphatic hydroxyl groups excluding tert-OH is 1. The van der Waals surface area contributed by atoms with Crippen LogP contribution in [0.4, 0.5) is 5.82 Å². The molecule has 0 spiro atoms. The van der Waals surface area contributed by atoms with Crippen LogP contribution >= 0.6 is 15.9 Å². The van der Waals surface area contributed by atoms with E-state index in [1.807, 2.05) is 6.07 Å². The first-order chi connectivity index (χ1) is 8.43. The van der Waals surface area contributed by atoms with Crippen molar-refractivity contribution in [1.29, 1.82) is 0 Å². The van der Waals surface area contributed by atoms with Gasteiger partial charge in [0.15, 0.2) is 0 Å². The zero-order valence-electron chi connectivity index (χ0n) is 11.1. The van der Waals surface area contributed by atoms with Gasteiger partial charge >= 0.3 is 0 Å². The summed E-state index contributed by atoms with van der Waals surface area (Å²) in [4.78, 5) is 8.84. The van der Waals surface area contributed by atoms with Crippen LogP contribution in [0.5, 0.6) is 0 Å². The van der Waals surface area contributed by atoms with Gasteiger partial charge in [-0.2, -0.15) is 0 Å². The first-order valence-corrected chi connectivity index (χ1v) is 7.21. The van der Waals surface area contributed by atoms with Gasteiger partial charge < -0.3 is 10.4 Å². The minimum Gasteiger partial charge on any atom is -0.392 e. The summed E-state index contributed by atoms with van der Waals surface area (Å²) in [7, 11) is 0. The maximum atomic E-state index is 9.74. The van der Waals surface area contributed by atoms with Crippen LogP contribution < -0.4 is 5.32 Å². The molecule has 4 nitrogen and oxygen atoms in total. The predicted octanol–water partition coefficient (Wildman–Crippen LogP) is 2.76. The molecule has 2 N–H and O–H groups in total. The number of nitrogens with one attached hydrogen (secondary N) is 1. The molecule has 1 aromatic heterocycles. The molecule has 0 radical (unpaired) electrons. The van der Waals surface area contributed by atoms with Crippen molar-refractivity contribution in [3.63, 3.8) is 0 Å². The van der Waals surface area contributed by atoms with Crippen molar-refractivity contribution < 1.29 is 5.11 Å². The van der Waals surface area contributed by atoms with E-state index in [2.05, 4.69) is 52.0 Å². The van der Waals surface area contributed by atoms with Crippen molar-refractivity contribution in [1.82, 2.24) is 9.97 Å². The largest absolute Gasteiger partial charge is 0.392 e. The Bertz CT molecular complexity index is 436. The second-order valence-electron chi connectivity index (χ2n) is 5.51. The monoisotopic (exact) mass is 313 g/mol. The highest BCUT2D eigenvalue weighted by Gasteiger charge is 2.47. The molecule has 1 fully saturated rings. The van der Waals surface area contributed by atoms with E-state index in [-0.39, 0.29) is 17.6 Å². The number of aliphatic hydroxyl groups is 1. The average Bonchev–Trinajstić information content (AvgIpc) is 2.28. The minimum atomic E-state index is -0.226. The highest BCUT2D eigenvalue weighted by atomic mass is 79.9. The van der Waals surface area contributed by atoms with Crippen molar-refractivity contribution >= 4 is 21.7 Å². The number of hydrogen-bond donors (Lipinski definition) is 2. The van der Waals surface area contributed by atoms with E-state index in [0.29, 0.717) is 0 Å². The molecule has 0 saturated heterocycles. The van der Waals surface area contributed by atoms with Crippen molar-refractivity contribution in [2.24, 2.45) is 5.41 Å². The van der Waals surface area contributed by atoms with Crippen LogP contribution in [0.25, 0.3) is 0 Å². The summed E-state index contributed by atoms with van der Waals surface area (Å²) in [6, 6.07) is 2.16. The molecule has 2 unspecified atom stereocenters. The summed E-state index contributed by atoms with van der Waals surface area (Å²) in [5.74, 6) is 1.69. The second kappa shape index (κ2) is 5.13. The summed E-state index contributed by atoms with van der Waals surface area (Å²) in [6.45, 7) is 6.26. The summed E-state index contributed by atoms with van der Waals surface area (Å²) in [6.07, 6.45) is 2.46. The van der Waals surface area contributed by atoms with Crippen LogP contribution in [0.1, 0.15) is 39.4 Å². The van der Waals surface area contributed by atoms with E-state index in [1.165, 1.54) is 0 Å². The highest BCUT2D eigenvalue weighted by molar-refractivity contribution is 9.10. The van der Waals surface area contributed by atoms with Crippen molar-refractivity contribution in [3.05, 3.63) is 16.5 Å². The minimum absolute atomic E-state index is 0.0949. The molecule has 1 heterocycles. The third kappa shape index (κ3) is 2.67. The molecular formula is C13H20BrN3O. The number of halogens is 1. The maximum Gasteiger partial charge on any atom is 0.132 e. The maximum absolute atomic E-state index is 9.74. The molecular weight excluding hydrogens is 294 g/mol. The molecule has 18 heavy (non-hydrogen) atoms. The Morgan fingerprint density at radius 1 is 1.50 bits per heavy atom. The molecule has 1 aromatic rings. The fraction of sp³-hybridized carbons (Fsp3) is 0.692. The molecule has 0 aliphatic heterocycles.